The van der Waals surface area contributed by atoms with Crippen molar-refractivity contribution in [2.24, 2.45) is 5.92 Å². The molecule has 1 N–H and O–H groups in total. The van der Waals surface area contributed by atoms with Crippen molar-refractivity contribution in [3.05, 3.63) is 93.0 Å². The van der Waals surface area contributed by atoms with Crippen molar-refractivity contribution in [3.8, 4) is 5.75 Å². The fourth-order valence-corrected chi connectivity index (χ4v) is 6.58. The number of anilines is 1. The topological polar surface area (TPSA) is 41.6 Å². The second kappa shape index (κ2) is 12.6. The van der Waals surface area contributed by atoms with Gasteiger partial charge in [0.15, 0.2) is 0 Å². The molecule has 214 valence electrons. The van der Waals surface area contributed by atoms with E-state index in [1.54, 1.807) is 6.07 Å². The number of allylic oxidation sites excluding steroid dienone is 1. The lowest BCUT2D eigenvalue weighted by Gasteiger charge is -2.19. The molecule has 0 spiro atoms. The molecule has 1 unspecified atom stereocenters. The van der Waals surface area contributed by atoms with Gasteiger partial charge in [-0.25, -0.2) is 0 Å². The number of halogens is 3. The fraction of sp³-hybridized carbons (Fsp3) is 0.382. The van der Waals surface area contributed by atoms with Gasteiger partial charge < -0.3 is 10.1 Å². The van der Waals surface area contributed by atoms with Gasteiger partial charge >= 0.3 is 0 Å². The molecule has 2 fully saturated rings. The van der Waals surface area contributed by atoms with E-state index in [1.165, 1.54) is 11.1 Å². The van der Waals surface area contributed by atoms with Gasteiger partial charge in [0.05, 0.1) is 6.67 Å². The van der Waals surface area contributed by atoms with Crippen molar-refractivity contribution < 1.29 is 13.9 Å². The Labute approximate surface area is 251 Å². The summed E-state index contributed by atoms with van der Waals surface area (Å²) in [6, 6.07) is 20.3. The molecule has 1 amide bonds. The molecule has 4 nitrogen and oxygen atoms in total. The number of benzene rings is 3. The molecule has 2 aliphatic carbocycles. The number of nitrogens with one attached hydrogen (secondary N) is 1. The van der Waals surface area contributed by atoms with Crippen LogP contribution < -0.4 is 10.1 Å². The van der Waals surface area contributed by atoms with Crippen molar-refractivity contribution in [2.45, 2.75) is 51.0 Å². The van der Waals surface area contributed by atoms with Gasteiger partial charge in [-0.15, -0.1) is 0 Å². The lowest BCUT2D eigenvalue weighted by atomic mass is 9.87. The highest BCUT2D eigenvalue weighted by molar-refractivity contribution is 6.36. The van der Waals surface area contributed by atoms with E-state index in [4.69, 9.17) is 27.9 Å². The molecule has 41 heavy (non-hydrogen) atoms. The number of alkyl halides is 1. The van der Waals surface area contributed by atoms with Crippen molar-refractivity contribution in [1.82, 2.24) is 4.90 Å². The Balaban J connectivity index is 1.33. The van der Waals surface area contributed by atoms with Crippen molar-refractivity contribution in [3.63, 3.8) is 0 Å². The molecule has 7 heteroatoms. The number of aryl methyl sites for hydroxylation is 1. The maximum absolute atomic E-state index is 12.6. The molecule has 1 heterocycles. The smallest absolute Gasteiger partial charge is 0.227 e. The van der Waals surface area contributed by atoms with Crippen LogP contribution in [0.15, 0.2) is 60.7 Å². The van der Waals surface area contributed by atoms with Crippen LogP contribution in [0.1, 0.15) is 60.8 Å². The second-order valence-electron chi connectivity index (χ2n) is 11.4. The quantitative estimate of drug-likeness (QED) is 0.271. The second-order valence-corrected chi connectivity index (χ2v) is 12.2. The number of likely N-dealkylation sites (tertiary alicyclic amines) is 1. The molecule has 1 saturated carbocycles. The van der Waals surface area contributed by atoms with Crippen molar-refractivity contribution in [1.29, 1.82) is 0 Å². The summed E-state index contributed by atoms with van der Waals surface area (Å²) in [6.45, 7) is 2.28. The summed E-state index contributed by atoms with van der Waals surface area (Å²) in [4.78, 5) is 14.7. The zero-order valence-electron chi connectivity index (χ0n) is 23.1. The number of nitrogens with zero attached hydrogens (tertiary/aromatic N) is 1. The fourth-order valence-electron chi connectivity index (χ4n) is 6.06. The highest BCUT2D eigenvalue weighted by Gasteiger charge is 2.30. The van der Waals surface area contributed by atoms with Crippen LogP contribution in [-0.4, -0.2) is 43.2 Å². The average Bonchev–Trinajstić information content (AvgIpc) is 3.75. The third-order valence-electron chi connectivity index (χ3n) is 8.30. The normalized spacial score (nSPS) is 19.1. The van der Waals surface area contributed by atoms with Crippen LogP contribution in [0.3, 0.4) is 0 Å². The summed E-state index contributed by atoms with van der Waals surface area (Å²) in [7, 11) is 0. The summed E-state index contributed by atoms with van der Waals surface area (Å²) in [5, 5.41) is 4.37. The number of rotatable bonds is 9. The van der Waals surface area contributed by atoms with Crippen LogP contribution in [0.5, 0.6) is 5.75 Å². The maximum Gasteiger partial charge on any atom is 0.227 e. The number of fused-ring (bicyclic) bond motifs is 1. The van der Waals surface area contributed by atoms with Crippen molar-refractivity contribution in [2.75, 3.05) is 31.6 Å². The van der Waals surface area contributed by atoms with Crippen molar-refractivity contribution >= 4 is 45.9 Å². The first-order valence-corrected chi connectivity index (χ1v) is 15.4. The van der Waals surface area contributed by atoms with E-state index in [1.807, 2.05) is 30.3 Å². The van der Waals surface area contributed by atoms with Crippen LogP contribution in [0.4, 0.5) is 10.1 Å². The number of hydrogen-bond donors (Lipinski definition) is 1. The van der Waals surface area contributed by atoms with E-state index in [0.717, 1.165) is 91.9 Å². The number of amides is 1. The Morgan fingerprint density at radius 3 is 2.54 bits per heavy atom. The SMILES string of the molecule is O=C(Nc1ccc2c(c1)CCCC(c1ccc(Cl)cc1Cl)=C2c1ccc(OC2CCN(CCCF)C2)cc1)C1CC1. The first-order chi connectivity index (χ1) is 20.0. The summed E-state index contributed by atoms with van der Waals surface area (Å²) < 4.78 is 18.9. The van der Waals surface area contributed by atoms with Crippen LogP contribution in [0.2, 0.25) is 10.0 Å². The van der Waals surface area contributed by atoms with Gasteiger partial charge in [0.2, 0.25) is 5.91 Å². The molecule has 3 aromatic rings. The molecule has 3 aliphatic rings. The minimum Gasteiger partial charge on any atom is -0.489 e. The van der Waals surface area contributed by atoms with Gasteiger partial charge in [0.25, 0.3) is 0 Å². The predicted octanol–water partition coefficient (Wildman–Crippen LogP) is 8.45. The Hall–Kier alpha value is -2.86. The Morgan fingerprint density at radius 1 is 0.976 bits per heavy atom. The zero-order valence-corrected chi connectivity index (χ0v) is 24.6. The Kier molecular flexibility index (Phi) is 8.66. The van der Waals surface area contributed by atoms with Crippen LogP contribution in [0, 0.1) is 5.92 Å². The number of ether oxygens (including phenoxy) is 1. The number of carbonyl (C=O) groups is 1. The summed E-state index contributed by atoms with van der Waals surface area (Å²) in [5.41, 5.74) is 7.64. The van der Waals surface area contributed by atoms with E-state index >= 15 is 0 Å². The maximum atomic E-state index is 12.6. The highest BCUT2D eigenvalue weighted by Crippen LogP contribution is 2.43. The first-order valence-electron chi connectivity index (χ1n) is 14.7. The van der Waals surface area contributed by atoms with Gasteiger partial charge in [-0.1, -0.05) is 47.5 Å². The lowest BCUT2D eigenvalue weighted by Crippen LogP contribution is -2.26. The molecule has 6 rings (SSSR count). The molecule has 1 saturated heterocycles. The first kappa shape index (κ1) is 28.3. The molecular formula is C34H35Cl2FN2O2. The standard InChI is InChI=1S/C34H35Cl2FN2O2/c35-25-9-13-30(32(36)20-25)31-4-1-3-24-19-26(38-34(40)23-5-6-23)10-14-29(24)33(31)22-7-11-27(12-8-22)41-28-15-18-39(21-28)17-2-16-37/h7-14,19-20,23,28H,1-6,15-18,21H2,(H,38,40). The average molecular weight is 594 g/mol. The summed E-state index contributed by atoms with van der Waals surface area (Å²) >= 11 is 13.0. The molecule has 0 aromatic heterocycles. The summed E-state index contributed by atoms with van der Waals surface area (Å²) in [6.07, 6.45) is 6.34. The van der Waals surface area contributed by atoms with E-state index in [-0.39, 0.29) is 24.6 Å². The van der Waals surface area contributed by atoms with Crippen LogP contribution in [0.25, 0.3) is 11.1 Å². The molecule has 1 atom stereocenters. The van der Waals surface area contributed by atoms with E-state index in [0.29, 0.717) is 16.5 Å². The molecular weight excluding hydrogens is 558 g/mol. The third-order valence-corrected chi connectivity index (χ3v) is 8.85. The molecule has 3 aromatic carbocycles. The minimum atomic E-state index is -0.276. The van der Waals surface area contributed by atoms with Gasteiger partial charge in [-0.2, -0.15) is 0 Å². The van der Waals surface area contributed by atoms with Crippen LogP contribution >= 0.6 is 23.2 Å². The number of hydrogen-bond acceptors (Lipinski definition) is 3. The van der Waals surface area contributed by atoms with E-state index in [2.05, 4.69) is 34.5 Å². The predicted molar refractivity (Wildman–Crippen MR) is 166 cm³/mol. The van der Waals surface area contributed by atoms with Gasteiger partial charge in [0, 0.05) is 41.3 Å². The Bertz CT molecular complexity index is 1450. The van der Waals surface area contributed by atoms with Gasteiger partial charge in [0.1, 0.15) is 11.9 Å². The monoisotopic (exact) mass is 592 g/mol. The largest absolute Gasteiger partial charge is 0.489 e. The van der Waals surface area contributed by atoms with E-state index < -0.39 is 0 Å². The highest BCUT2D eigenvalue weighted by atomic mass is 35.5. The number of carbonyl (C=O) groups excluding carboxylic acids is 1. The zero-order chi connectivity index (χ0) is 28.3. The summed E-state index contributed by atoms with van der Waals surface area (Å²) in [5.74, 6) is 1.11. The minimum absolute atomic E-state index is 0.117. The van der Waals surface area contributed by atoms with Crippen LogP contribution in [-0.2, 0) is 11.2 Å². The molecule has 1 aliphatic heterocycles. The van der Waals surface area contributed by atoms with Gasteiger partial charge in [-0.05, 0) is 115 Å². The van der Waals surface area contributed by atoms with Gasteiger partial charge in [-0.3, -0.25) is 14.1 Å². The Morgan fingerprint density at radius 2 is 1.78 bits per heavy atom. The molecule has 0 bridgehead atoms. The lowest BCUT2D eigenvalue weighted by molar-refractivity contribution is -0.117. The third kappa shape index (κ3) is 6.63. The van der Waals surface area contributed by atoms with E-state index in [9.17, 15) is 9.18 Å². The molecule has 0 radical (unpaired) electrons.